The summed E-state index contributed by atoms with van der Waals surface area (Å²) in [5.41, 5.74) is -4.56. The van der Waals surface area contributed by atoms with Crippen LogP contribution in [0.4, 0.5) is 0 Å². The van der Waals surface area contributed by atoms with Crippen molar-refractivity contribution < 1.29 is 65.7 Å². The van der Waals surface area contributed by atoms with Crippen molar-refractivity contribution in [1.29, 1.82) is 0 Å². The predicted molar refractivity (Wildman–Crippen MR) is 192 cm³/mol. The summed E-state index contributed by atoms with van der Waals surface area (Å²) >= 11 is 0. The number of nitrogens with zero attached hydrogens (tertiary/aromatic N) is 2. The third-order valence-electron chi connectivity index (χ3n) is 12.2. The molecule has 1 saturated heterocycles. The fraction of sp³-hybridized carbons (Fsp3) is 0.450. The van der Waals surface area contributed by atoms with Crippen LogP contribution >= 0.6 is 0 Å². The summed E-state index contributed by atoms with van der Waals surface area (Å²) in [7, 11) is -4.31. The summed E-state index contributed by atoms with van der Waals surface area (Å²) in [5, 5.41) is 14.7. The molecule has 2 heterocycles. The molecule has 4 fully saturated rings. The fourth-order valence-corrected chi connectivity index (χ4v) is 10.7. The van der Waals surface area contributed by atoms with Crippen LogP contribution < -0.4 is 9.64 Å². The average molecular weight is 805 g/mol. The third kappa shape index (κ3) is 6.13. The molecule has 2 aromatic carbocycles. The third-order valence-corrected chi connectivity index (χ3v) is 13.9. The molecule has 4 aliphatic rings. The summed E-state index contributed by atoms with van der Waals surface area (Å²) in [5.74, 6) is -6.98. The maximum Gasteiger partial charge on any atom is 0.414 e. The smallest absolute Gasteiger partial charge is 0.414 e. The van der Waals surface area contributed by atoms with Gasteiger partial charge in [-0.15, -0.1) is 0 Å². The topological polar surface area (TPSA) is 226 Å². The SMILES string of the molecule is C=C1C(=O)[C@@]23C(=O)OC[C@]4(C(=O)CCC(C)(C)[C@H]4C=O)C2CC[C@@H]1[C@H]3OC(=O)c1ccccc1C(=O)OCCCCOc1no[n+]([O-])c1S(=O)(=O)c1ccccc1. The van der Waals surface area contributed by atoms with Crippen LogP contribution in [0.15, 0.2) is 81.3 Å². The number of fused-ring (bicyclic) bond motifs is 2. The van der Waals surface area contributed by atoms with Gasteiger partial charge < -0.3 is 28.9 Å². The highest BCUT2D eigenvalue weighted by atomic mass is 32.2. The zero-order valence-corrected chi connectivity index (χ0v) is 32.0. The Morgan fingerprint density at radius 3 is 2.37 bits per heavy atom. The fourth-order valence-electron chi connectivity index (χ4n) is 9.37. The van der Waals surface area contributed by atoms with E-state index in [1.54, 1.807) is 6.07 Å². The Morgan fingerprint density at radius 2 is 1.67 bits per heavy atom. The number of hydrogen-bond donors (Lipinski definition) is 0. The van der Waals surface area contributed by atoms with Crippen molar-refractivity contribution in [1.82, 2.24) is 5.16 Å². The van der Waals surface area contributed by atoms with Gasteiger partial charge in [0.1, 0.15) is 24.8 Å². The monoisotopic (exact) mass is 804 g/mol. The van der Waals surface area contributed by atoms with Crippen molar-refractivity contribution >= 4 is 45.6 Å². The lowest BCUT2D eigenvalue weighted by Gasteiger charge is -2.59. The van der Waals surface area contributed by atoms with Gasteiger partial charge in [0.05, 0.1) is 39.8 Å². The molecule has 2 bridgehead atoms. The Labute approximate surface area is 326 Å². The first-order valence-electron chi connectivity index (χ1n) is 18.5. The van der Waals surface area contributed by atoms with E-state index in [9.17, 15) is 42.4 Å². The predicted octanol–water partition coefficient (Wildman–Crippen LogP) is 3.58. The molecule has 7 rings (SSSR count). The van der Waals surface area contributed by atoms with Gasteiger partial charge in [-0.25, -0.2) is 18.0 Å². The number of ketones is 2. The second-order valence-corrected chi connectivity index (χ2v) is 17.4. The second kappa shape index (κ2) is 14.7. The quantitative estimate of drug-likeness (QED) is 0.0485. The molecule has 300 valence electrons. The van der Waals surface area contributed by atoms with E-state index < -0.39 is 84.5 Å². The van der Waals surface area contributed by atoms with Gasteiger partial charge in [0, 0.05) is 24.2 Å². The number of sulfone groups is 1. The minimum atomic E-state index is -4.31. The Balaban J connectivity index is 1.04. The number of hydrogen-bond acceptors (Lipinski definition) is 15. The summed E-state index contributed by atoms with van der Waals surface area (Å²) in [6, 6.07) is 12.9. The Bertz CT molecular complexity index is 2280. The van der Waals surface area contributed by atoms with E-state index in [4.69, 9.17) is 18.9 Å². The number of ether oxygens (including phenoxy) is 4. The summed E-state index contributed by atoms with van der Waals surface area (Å²) in [6.07, 6.45) is 0.781. The highest BCUT2D eigenvalue weighted by Gasteiger charge is 2.78. The zero-order valence-electron chi connectivity index (χ0n) is 31.2. The average Bonchev–Trinajstić information content (AvgIpc) is 3.63. The summed E-state index contributed by atoms with van der Waals surface area (Å²) in [4.78, 5) is 81.7. The molecule has 2 spiro atoms. The summed E-state index contributed by atoms with van der Waals surface area (Å²) < 4.78 is 53.0. The second-order valence-electron chi connectivity index (χ2n) is 15.5. The highest BCUT2D eigenvalue weighted by molar-refractivity contribution is 7.91. The van der Waals surface area contributed by atoms with Gasteiger partial charge in [-0.05, 0) is 72.3 Å². The molecule has 1 aliphatic heterocycles. The molecule has 0 amide bonds. The number of aromatic nitrogens is 2. The molecule has 0 N–H and O–H groups in total. The van der Waals surface area contributed by atoms with Crippen LogP contribution in [0.1, 0.15) is 73.1 Å². The molecule has 3 saturated carbocycles. The first-order chi connectivity index (χ1) is 27.1. The van der Waals surface area contributed by atoms with Gasteiger partial charge >= 0.3 is 28.8 Å². The zero-order chi connectivity index (χ0) is 40.9. The highest BCUT2D eigenvalue weighted by Crippen LogP contribution is 2.67. The van der Waals surface area contributed by atoms with Crippen LogP contribution in [0.2, 0.25) is 0 Å². The van der Waals surface area contributed by atoms with Crippen LogP contribution in [0.25, 0.3) is 0 Å². The van der Waals surface area contributed by atoms with Crippen molar-refractivity contribution in [3.63, 3.8) is 0 Å². The van der Waals surface area contributed by atoms with Gasteiger partial charge in [0.15, 0.2) is 11.2 Å². The van der Waals surface area contributed by atoms with Crippen molar-refractivity contribution in [2.75, 3.05) is 19.8 Å². The lowest BCUT2D eigenvalue weighted by molar-refractivity contribution is -0.832. The Kier molecular flexibility index (Phi) is 10.2. The normalized spacial score (nSPS) is 27.7. The van der Waals surface area contributed by atoms with Crippen LogP contribution in [-0.4, -0.2) is 75.3 Å². The van der Waals surface area contributed by atoms with E-state index >= 15 is 0 Å². The van der Waals surface area contributed by atoms with Gasteiger partial charge in [-0.3, -0.25) is 19.0 Å². The molecule has 6 atom stereocenters. The van der Waals surface area contributed by atoms with E-state index in [-0.39, 0.29) is 84.2 Å². The standard InChI is InChI=1S/C40H40N2O14S/c1-23-25-15-16-28-39(29(21-43)38(2,3)18-17-30(39)44)22-54-37(48)40(28,31(23)45)32(25)55-36(47)27-14-8-7-13-26(27)35(46)53-20-10-9-19-52-33-34(42(49)56-41-33)57(50,51)24-11-5-4-6-12-24/h4-8,11-14,21,25,28-29,32H,1,9-10,15-20,22H2,2-3H3/t25-,28?,29+,32+,39-,40-/m0/s1. The molecular weight excluding hydrogens is 765 g/mol. The molecule has 0 radical (unpaired) electrons. The number of unbranched alkanes of at least 4 members (excludes halogenated alkanes) is 1. The molecule has 16 nitrogen and oxygen atoms in total. The molecule has 17 heteroatoms. The van der Waals surface area contributed by atoms with Crippen molar-refractivity contribution in [2.45, 2.75) is 68.4 Å². The van der Waals surface area contributed by atoms with E-state index in [1.807, 2.05) is 13.8 Å². The summed E-state index contributed by atoms with van der Waals surface area (Å²) in [6.45, 7) is 7.05. The minimum Gasteiger partial charge on any atom is -0.464 e. The number of carbonyl (C=O) groups excluding carboxylic acids is 6. The van der Waals surface area contributed by atoms with Gasteiger partial charge in [0.25, 0.3) is 9.84 Å². The number of benzene rings is 2. The van der Waals surface area contributed by atoms with Gasteiger partial charge in [-0.2, -0.15) is 0 Å². The Morgan fingerprint density at radius 1 is 1.00 bits per heavy atom. The number of Topliss-reactive ketones (excluding diaryl/α,β-unsaturated/α-hetero) is 2. The number of carbonyl (C=O) groups is 6. The lowest BCUT2D eigenvalue weighted by Crippen LogP contribution is -2.70. The molecule has 57 heavy (non-hydrogen) atoms. The van der Waals surface area contributed by atoms with E-state index in [0.717, 1.165) is 6.29 Å². The molecular formula is C40H40N2O14S. The number of aldehydes is 1. The van der Waals surface area contributed by atoms with Crippen LogP contribution in [0, 0.1) is 39.2 Å². The molecule has 3 aliphatic carbocycles. The van der Waals surface area contributed by atoms with Gasteiger partial charge in [-0.1, -0.05) is 50.8 Å². The lowest BCUT2D eigenvalue weighted by atomic mass is 9.44. The van der Waals surface area contributed by atoms with Crippen molar-refractivity contribution in [3.05, 3.63) is 83.1 Å². The van der Waals surface area contributed by atoms with E-state index in [1.165, 1.54) is 48.5 Å². The molecule has 1 unspecified atom stereocenters. The number of rotatable bonds is 12. The first kappa shape index (κ1) is 39.5. The number of esters is 3. The maximum absolute atomic E-state index is 14.2. The van der Waals surface area contributed by atoms with Gasteiger partial charge in [0.2, 0.25) is 0 Å². The number of cyclic esters (lactones) is 1. The minimum absolute atomic E-state index is 0.0657. The molecule has 1 aromatic heterocycles. The maximum atomic E-state index is 14.2. The molecule has 3 aromatic rings. The van der Waals surface area contributed by atoms with Crippen molar-refractivity contribution in [3.8, 4) is 5.88 Å². The van der Waals surface area contributed by atoms with E-state index in [0.29, 0.717) is 6.42 Å². The Hall–Kier alpha value is -5.71. The van der Waals surface area contributed by atoms with Crippen molar-refractivity contribution in [2.24, 2.45) is 34.0 Å². The van der Waals surface area contributed by atoms with E-state index in [2.05, 4.69) is 16.4 Å². The van der Waals surface area contributed by atoms with Crippen LogP contribution in [0.5, 0.6) is 5.88 Å². The largest absolute Gasteiger partial charge is 0.464 e. The van der Waals surface area contributed by atoms with Crippen LogP contribution in [-0.2, 0) is 43.2 Å². The van der Waals surface area contributed by atoms with Crippen LogP contribution in [0.3, 0.4) is 0 Å². The first-order valence-corrected chi connectivity index (χ1v) is 20.0.